The molecule has 0 amide bonds. The van der Waals surface area contributed by atoms with Gasteiger partial charge in [0.05, 0.1) is 0 Å². The van der Waals surface area contributed by atoms with E-state index in [4.69, 9.17) is 0 Å². The molecule has 1 aliphatic carbocycles. The second-order valence-electron chi connectivity index (χ2n) is 4.19. The van der Waals surface area contributed by atoms with Crippen LogP contribution in [0.4, 0.5) is 0 Å². The van der Waals surface area contributed by atoms with Crippen LogP contribution in [0.3, 0.4) is 0 Å². The van der Waals surface area contributed by atoms with Crippen LogP contribution in [0.2, 0.25) is 0 Å². The molecule has 12 heavy (non-hydrogen) atoms. The van der Waals surface area contributed by atoms with E-state index in [1.54, 1.807) is 0 Å². The lowest BCUT2D eigenvalue weighted by Gasteiger charge is -2.14. The van der Waals surface area contributed by atoms with Crippen molar-refractivity contribution in [3.8, 4) is 0 Å². The van der Waals surface area contributed by atoms with Gasteiger partial charge in [-0.25, -0.2) is 0 Å². The highest BCUT2D eigenvalue weighted by molar-refractivity contribution is 4.89. The Bertz CT molecular complexity index is 143. The zero-order chi connectivity index (χ0) is 8.39. The molecule has 70 valence electrons. The van der Waals surface area contributed by atoms with Crippen molar-refractivity contribution in [2.45, 2.75) is 32.2 Å². The summed E-state index contributed by atoms with van der Waals surface area (Å²) in [7, 11) is 0. The largest absolute Gasteiger partial charge is 0.317 e. The van der Waals surface area contributed by atoms with Crippen LogP contribution in [-0.2, 0) is 0 Å². The van der Waals surface area contributed by atoms with Crippen molar-refractivity contribution in [2.24, 2.45) is 5.92 Å². The minimum Gasteiger partial charge on any atom is -0.317 e. The zero-order valence-corrected chi connectivity index (χ0v) is 8.05. The summed E-state index contributed by atoms with van der Waals surface area (Å²) in [6.45, 7) is 7.27. The monoisotopic (exact) mass is 168 g/mol. The molecule has 0 aromatic rings. The fourth-order valence-corrected chi connectivity index (χ4v) is 2.15. The Balaban J connectivity index is 1.67. The summed E-state index contributed by atoms with van der Waals surface area (Å²) < 4.78 is 0. The van der Waals surface area contributed by atoms with E-state index in [0.717, 1.165) is 18.5 Å². The summed E-state index contributed by atoms with van der Waals surface area (Å²) in [6.07, 6.45) is 4.35. The van der Waals surface area contributed by atoms with Crippen LogP contribution < -0.4 is 5.32 Å². The number of rotatable bonds is 4. The molecule has 2 nitrogen and oxygen atoms in total. The second-order valence-corrected chi connectivity index (χ2v) is 4.19. The van der Waals surface area contributed by atoms with E-state index in [0.29, 0.717) is 0 Å². The Kier molecular flexibility index (Phi) is 2.66. The smallest absolute Gasteiger partial charge is 0.00965 e. The summed E-state index contributed by atoms with van der Waals surface area (Å²) in [5.41, 5.74) is 0. The average molecular weight is 168 g/mol. The van der Waals surface area contributed by atoms with E-state index in [2.05, 4.69) is 17.1 Å². The van der Waals surface area contributed by atoms with Crippen molar-refractivity contribution in [1.82, 2.24) is 10.2 Å². The van der Waals surface area contributed by atoms with Crippen LogP contribution in [-0.4, -0.2) is 37.1 Å². The molecule has 0 radical (unpaired) electrons. The van der Waals surface area contributed by atoms with Gasteiger partial charge in [-0.05, 0) is 44.8 Å². The van der Waals surface area contributed by atoms with Crippen molar-refractivity contribution in [3.05, 3.63) is 0 Å². The zero-order valence-electron chi connectivity index (χ0n) is 8.05. The van der Waals surface area contributed by atoms with Gasteiger partial charge < -0.3 is 10.2 Å². The van der Waals surface area contributed by atoms with Crippen molar-refractivity contribution >= 4 is 0 Å². The van der Waals surface area contributed by atoms with Gasteiger partial charge in [-0.15, -0.1) is 0 Å². The lowest BCUT2D eigenvalue weighted by Crippen LogP contribution is -2.27. The third-order valence-electron chi connectivity index (χ3n) is 3.06. The molecule has 2 fully saturated rings. The van der Waals surface area contributed by atoms with Crippen molar-refractivity contribution in [1.29, 1.82) is 0 Å². The number of nitrogens with one attached hydrogen (secondary N) is 1. The van der Waals surface area contributed by atoms with Crippen molar-refractivity contribution in [2.75, 3.05) is 26.2 Å². The molecule has 1 saturated heterocycles. The summed E-state index contributed by atoms with van der Waals surface area (Å²) in [4.78, 5) is 2.68. The summed E-state index contributed by atoms with van der Waals surface area (Å²) >= 11 is 0. The first-order valence-corrected chi connectivity index (χ1v) is 5.35. The standard InChI is InChI=1S/C10H20N2/c1-2-11-7-9-5-6-12(8-9)10-3-4-10/h9-11H,2-8H2,1H3. The second kappa shape index (κ2) is 3.75. The maximum absolute atomic E-state index is 3.44. The Morgan fingerprint density at radius 3 is 2.83 bits per heavy atom. The molecule has 2 rings (SSSR count). The van der Waals surface area contributed by atoms with Crippen LogP contribution in [0, 0.1) is 5.92 Å². The minimum absolute atomic E-state index is 0.936. The van der Waals surface area contributed by atoms with Gasteiger partial charge in [0.25, 0.3) is 0 Å². The molecular weight excluding hydrogens is 148 g/mol. The van der Waals surface area contributed by atoms with E-state index in [1.165, 1.54) is 38.9 Å². The van der Waals surface area contributed by atoms with E-state index in [9.17, 15) is 0 Å². The average Bonchev–Trinajstić information content (AvgIpc) is 2.83. The van der Waals surface area contributed by atoms with Gasteiger partial charge in [0.1, 0.15) is 0 Å². The summed E-state index contributed by atoms with van der Waals surface area (Å²) in [5, 5.41) is 3.44. The number of hydrogen-bond acceptors (Lipinski definition) is 2. The fraction of sp³-hybridized carbons (Fsp3) is 1.00. The van der Waals surface area contributed by atoms with E-state index in [1.807, 2.05) is 0 Å². The minimum atomic E-state index is 0.936. The molecular formula is C10H20N2. The van der Waals surface area contributed by atoms with Gasteiger partial charge >= 0.3 is 0 Å². The lowest BCUT2D eigenvalue weighted by molar-refractivity contribution is 0.312. The number of likely N-dealkylation sites (tertiary alicyclic amines) is 1. The molecule has 2 aliphatic rings. The van der Waals surface area contributed by atoms with E-state index in [-0.39, 0.29) is 0 Å². The van der Waals surface area contributed by atoms with Crippen LogP contribution in [0.15, 0.2) is 0 Å². The van der Waals surface area contributed by atoms with E-state index >= 15 is 0 Å². The fourth-order valence-electron chi connectivity index (χ4n) is 2.15. The van der Waals surface area contributed by atoms with Crippen LogP contribution in [0.1, 0.15) is 26.2 Å². The Hall–Kier alpha value is -0.0800. The summed E-state index contributed by atoms with van der Waals surface area (Å²) in [6, 6.07) is 0.983. The van der Waals surface area contributed by atoms with Gasteiger partial charge in [0.2, 0.25) is 0 Å². The third-order valence-corrected chi connectivity index (χ3v) is 3.06. The highest BCUT2D eigenvalue weighted by Gasteiger charge is 2.33. The first-order valence-electron chi connectivity index (χ1n) is 5.35. The highest BCUT2D eigenvalue weighted by Crippen LogP contribution is 2.31. The third kappa shape index (κ3) is 1.99. The van der Waals surface area contributed by atoms with E-state index < -0.39 is 0 Å². The Labute approximate surface area is 75.3 Å². The van der Waals surface area contributed by atoms with Gasteiger partial charge in [-0.2, -0.15) is 0 Å². The maximum Gasteiger partial charge on any atom is 0.00965 e. The highest BCUT2D eigenvalue weighted by atomic mass is 15.2. The van der Waals surface area contributed by atoms with Gasteiger partial charge in [-0.1, -0.05) is 6.92 Å². The van der Waals surface area contributed by atoms with Crippen LogP contribution >= 0.6 is 0 Å². The summed E-state index contributed by atoms with van der Waals surface area (Å²) in [5.74, 6) is 0.936. The SMILES string of the molecule is CCNCC1CCN(C2CC2)C1. The maximum atomic E-state index is 3.44. The van der Waals surface area contributed by atoms with Crippen LogP contribution in [0.5, 0.6) is 0 Å². The molecule has 1 saturated carbocycles. The molecule has 1 atom stereocenters. The predicted octanol–water partition coefficient (Wildman–Crippen LogP) is 1.08. The van der Waals surface area contributed by atoms with Gasteiger partial charge in [0.15, 0.2) is 0 Å². The van der Waals surface area contributed by atoms with Crippen LogP contribution in [0.25, 0.3) is 0 Å². The number of hydrogen-bond donors (Lipinski definition) is 1. The molecule has 0 aromatic carbocycles. The first kappa shape index (κ1) is 8.52. The molecule has 1 aliphatic heterocycles. The quantitative estimate of drug-likeness (QED) is 0.676. The lowest BCUT2D eigenvalue weighted by atomic mass is 10.1. The number of nitrogens with zero attached hydrogens (tertiary/aromatic N) is 1. The molecule has 2 heteroatoms. The first-order chi connectivity index (χ1) is 5.90. The van der Waals surface area contributed by atoms with Crippen molar-refractivity contribution in [3.63, 3.8) is 0 Å². The topological polar surface area (TPSA) is 15.3 Å². The normalized spacial score (nSPS) is 31.2. The predicted molar refractivity (Wildman–Crippen MR) is 51.2 cm³/mol. The Morgan fingerprint density at radius 2 is 2.17 bits per heavy atom. The van der Waals surface area contributed by atoms with Crippen molar-refractivity contribution < 1.29 is 0 Å². The molecule has 1 unspecified atom stereocenters. The molecule has 0 bridgehead atoms. The Morgan fingerprint density at radius 1 is 1.33 bits per heavy atom. The van der Waals surface area contributed by atoms with Gasteiger partial charge in [-0.3, -0.25) is 0 Å². The molecule has 0 spiro atoms. The molecule has 1 N–H and O–H groups in total. The molecule has 0 aromatic heterocycles. The molecule has 1 heterocycles. The van der Waals surface area contributed by atoms with Gasteiger partial charge in [0, 0.05) is 12.6 Å².